The number of rotatable bonds is 4. The molecule has 3 aromatic rings. The van der Waals surface area contributed by atoms with Crippen LogP contribution in [0.3, 0.4) is 0 Å². The molecule has 0 atom stereocenters. The first-order valence-corrected chi connectivity index (χ1v) is 7.17. The zero-order chi connectivity index (χ0) is 14.8. The second kappa shape index (κ2) is 5.70. The minimum absolute atomic E-state index is 0.691. The molecule has 4 heteroatoms. The molecule has 0 spiro atoms. The van der Waals surface area contributed by atoms with Gasteiger partial charge >= 0.3 is 0 Å². The lowest BCUT2D eigenvalue weighted by Gasteiger charge is -2.09. The number of ether oxygens (including phenoxy) is 1. The van der Waals surface area contributed by atoms with E-state index >= 15 is 0 Å². The summed E-state index contributed by atoms with van der Waals surface area (Å²) < 4.78 is 7.37. The number of benzene rings is 2. The summed E-state index contributed by atoms with van der Waals surface area (Å²) in [4.78, 5) is 0. The highest BCUT2D eigenvalue weighted by molar-refractivity contribution is 6.33. The number of methoxy groups -OCH3 is 1. The monoisotopic (exact) mass is 300 g/mol. The van der Waals surface area contributed by atoms with Crippen LogP contribution in [0.25, 0.3) is 10.9 Å². The Labute approximate surface area is 129 Å². The standard InChI is InChI=1S/C17H17ClN2O/c1-20-11-12(14-5-3-4-6-17(14)20)10-19-16-9-13(21-2)7-8-15(16)18/h3-9,11,19H,10H2,1-2H3. The summed E-state index contributed by atoms with van der Waals surface area (Å²) in [5.74, 6) is 0.791. The molecule has 0 radical (unpaired) electrons. The molecule has 21 heavy (non-hydrogen) atoms. The Morgan fingerprint density at radius 3 is 2.81 bits per heavy atom. The Morgan fingerprint density at radius 1 is 1.19 bits per heavy atom. The lowest BCUT2D eigenvalue weighted by molar-refractivity contribution is 0.415. The Kier molecular flexibility index (Phi) is 3.76. The van der Waals surface area contributed by atoms with Gasteiger partial charge in [0.2, 0.25) is 0 Å². The SMILES string of the molecule is COc1ccc(Cl)c(NCc2cn(C)c3ccccc23)c1. The van der Waals surface area contributed by atoms with Crippen molar-refractivity contribution in [2.24, 2.45) is 7.05 Å². The normalized spacial score (nSPS) is 10.8. The van der Waals surface area contributed by atoms with E-state index in [4.69, 9.17) is 16.3 Å². The van der Waals surface area contributed by atoms with Gasteiger partial charge in [0, 0.05) is 36.8 Å². The molecule has 0 aliphatic carbocycles. The molecular formula is C17H17ClN2O. The van der Waals surface area contributed by atoms with Crippen molar-refractivity contribution in [1.82, 2.24) is 4.57 Å². The third-order valence-electron chi connectivity index (χ3n) is 3.62. The highest BCUT2D eigenvalue weighted by Crippen LogP contribution is 2.28. The molecule has 108 valence electrons. The average molecular weight is 301 g/mol. The van der Waals surface area contributed by atoms with Crippen molar-refractivity contribution in [2.45, 2.75) is 6.54 Å². The van der Waals surface area contributed by atoms with Crippen LogP contribution in [-0.4, -0.2) is 11.7 Å². The molecule has 0 bridgehead atoms. The van der Waals surface area contributed by atoms with E-state index < -0.39 is 0 Å². The molecule has 0 saturated heterocycles. The summed E-state index contributed by atoms with van der Waals surface area (Å²) in [5.41, 5.74) is 3.35. The first-order valence-electron chi connectivity index (χ1n) is 6.79. The number of aromatic nitrogens is 1. The third kappa shape index (κ3) is 2.69. The molecule has 1 aromatic heterocycles. The third-order valence-corrected chi connectivity index (χ3v) is 3.95. The maximum Gasteiger partial charge on any atom is 0.121 e. The highest BCUT2D eigenvalue weighted by atomic mass is 35.5. The smallest absolute Gasteiger partial charge is 0.121 e. The topological polar surface area (TPSA) is 26.2 Å². The van der Waals surface area contributed by atoms with Gasteiger partial charge in [0.25, 0.3) is 0 Å². The van der Waals surface area contributed by atoms with Crippen LogP contribution in [-0.2, 0) is 13.6 Å². The molecule has 0 fully saturated rings. The van der Waals surface area contributed by atoms with Gasteiger partial charge in [-0.1, -0.05) is 29.8 Å². The largest absolute Gasteiger partial charge is 0.497 e. The molecule has 0 aliphatic heterocycles. The molecule has 1 heterocycles. The van der Waals surface area contributed by atoms with Crippen molar-refractivity contribution in [3.63, 3.8) is 0 Å². The lowest BCUT2D eigenvalue weighted by atomic mass is 10.1. The van der Waals surface area contributed by atoms with Crippen molar-refractivity contribution >= 4 is 28.2 Å². The quantitative estimate of drug-likeness (QED) is 0.770. The summed E-state index contributed by atoms with van der Waals surface area (Å²) >= 11 is 6.22. The van der Waals surface area contributed by atoms with Gasteiger partial charge in [0.05, 0.1) is 17.8 Å². The molecule has 0 saturated carbocycles. The zero-order valence-corrected chi connectivity index (χ0v) is 12.8. The number of anilines is 1. The summed E-state index contributed by atoms with van der Waals surface area (Å²) in [7, 11) is 3.71. The number of hydrogen-bond donors (Lipinski definition) is 1. The molecule has 3 nitrogen and oxygen atoms in total. The Morgan fingerprint density at radius 2 is 2.00 bits per heavy atom. The van der Waals surface area contributed by atoms with Crippen LogP contribution in [0.5, 0.6) is 5.75 Å². The highest BCUT2D eigenvalue weighted by Gasteiger charge is 2.07. The minimum Gasteiger partial charge on any atom is -0.497 e. The molecule has 1 N–H and O–H groups in total. The number of para-hydroxylation sites is 1. The second-order valence-corrected chi connectivity index (χ2v) is 5.39. The Balaban J connectivity index is 1.87. The summed E-state index contributed by atoms with van der Waals surface area (Å²) in [6.07, 6.45) is 2.14. The van der Waals surface area contributed by atoms with Crippen molar-refractivity contribution in [1.29, 1.82) is 0 Å². The van der Waals surface area contributed by atoms with Gasteiger partial charge in [-0.25, -0.2) is 0 Å². The number of nitrogens with one attached hydrogen (secondary N) is 1. The number of nitrogens with zero attached hydrogens (tertiary/aromatic N) is 1. The van der Waals surface area contributed by atoms with E-state index in [0.29, 0.717) is 11.6 Å². The number of halogens is 1. The van der Waals surface area contributed by atoms with Gasteiger partial charge in [-0.15, -0.1) is 0 Å². The summed E-state index contributed by atoms with van der Waals surface area (Å²) in [5, 5.41) is 5.33. The molecule has 0 unspecified atom stereocenters. The van der Waals surface area contributed by atoms with Crippen LogP contribution < -0.4 is 10.1 Å². The van der Waals surface area contributed by atoms with Gasteiger partial charge in [0.15, 0.2) is 0 Å². The summed E-state index contributed by atoms with van der Waals surface area (Å²) in [6.45, 7) is 0.717. The Bertz CT molecular complexity index is 780. The minimum atomic E-state index is 0.691. The van der Waals surface area contributed by atoms with Crippen LogP contribution in [0.15, 0.2) is 48.7 Å². The van der Waals surface area contributed by atoms with Crippen LogP contribution >= 0.6 is 11.6 Å². The van der Waals surface area contributed by atoms with E-state index in [2.05, 4.69) is 47.4 Å². The fraction of sp³-hybridized carbons (Fsp3) is 0.176. The maximum atomic E-state index is 6.22. The molecule has 0 aliphatic rings. The van der Waals surface area contributed by atoms with Crippen LogP contribution in [0.1, 0.15) is 5.56 Å². The van der Waals surface area contributed by atoms with Crippen molar-refractivity contribution in [2.75, 3.05) is 12.4 Å². The molecule has 3 rings (SSSR count). The predicted molar refractivity (Wildman–Crippen MR) is 88.2 cm³/mol. The zero-order valence-electron chi connectivity index (χ0n) is 12.1. The van der Waals surface area contributed by atoms with Gasteiger partial charge in [0.1, 0.15) is 5.75 Å². The van der Waals surface area contributed by atoms with Crippen LogP contribution in [0.4, 0.5) is 5.69 Å². The van der Waals surface area contributed by atoms with E-state index in [1.54, 1.807) is 7.11 Å². The Hall–Kier alpha value is -2.13. The van der Waals surface area contributed by atoms with Crippen molar-refractivity contribution < 1.29 is 4.74 Å². The number of hydrogen-bond acceptors (Lipinski definition) is 2. The first-order chi connectivity index (χ1) is 10.2. The summed E-state index contributed by atoms with van der Waals surface area (Å²) in [6, 6.07) is 14.0. The predicted octanol–water partition coefficient (Wildman–Crippen LogP) is 4.45. The number of aryl methyl sites for hydroxylation is 1. The van der Waals surface area contributed by atoms with E-state index in [1.165, 1.54) is 16.5 Å². The molecule has 0 amide bonds. The number of fused-ring (bicyclic) bond motifs is 1. The lowest BCUT2D eigenvalue weighted by Crippen LogP contribution is -2.00. The maximum absolute atomic E-state index is 6.22. The molecule has 2 aromatic carbocycles. The fourth-order valence-corrected chi connectivity index (χ4v) is 2.71. The van der Waals surface area contributed by atoms with E-state index in [1.807, 2.05) is 18.2 Å². The van der Waals surface area contributed by atoms with Crippen molar-refractivity contribution in [3.05, 3.63) is 59.2 Å². The fourth-order valence-electron chi connectivity index (χ4n) is 2.52. The molecular weight excluding hydrogens is 284 g/mol. The van der Waals surface area contributed by atoms with E-state index in [9.17, 15) is 0 Å². The van der Waals surface area contributed by atoms with Gasteiger partial charge in [-0.3, -0.25) is 0 Å². The second-order valence-electron chi connectivity index (χ2n) is 4.98. The average Bonchev–Trinajstić information content (AvgIpc) is 2.83. The van der Waals surface area contributed by atoms with Crippen LogP contribution in [0.2, 0.25) is 5.02 Å². The van der Waals surface area contributed by atoms with Crippen LogP contribution in [0, 0.1) is 0 Å². The van der Waals surface area contributed by atoms with E-state index in [0.717, 1.165) is 11.4 Å². The first kappa shape index (κ1) is 13.8. The van der Waals surface area contributed by atoms with Gasteiger partial charge < -0.3 is 14.6 Å². The van der Waals surface area contributed by atoms with Gasteiger partial charge in [-0.05, 0) is 23.8 Å². The van der Waals surface area contributed by atoms with Gasteiger partial charge in [-0.2, -0.15) is 0 Å². The van der Waals surface area contributed by atoms with Crippen molar-refractivity contribution in [3.8, 4) is 5.75 Å². The van der Waals surface area contributed by atoms with E-state index in [-0.39, 0.29) is 0 Å².